The molecule has 1 heterocycles. The molecule has 0 amide bonds. The van der Waals surface area contributed by atoms with Crippen LogP contribution in [0.2, 0.25) is 0 Å². The fourth-order valence-corrected chi connectivity index (χ4v) is 10.2. The van der Waals surface area contributed by atoms with Crippen LogP contribution in [0.4, 0.5) is 0 Å². The van der Waals surface area contributed by atoms with Crippen molar-refractivity contribution in [2.45, 2.75) is 136 Å². The molecule has 1 unspecified atom stereocenters. The average molecular weight is 581 g/mol. The van der Waals surface area contributed by atoms with Gasteiger partial charge in [0.15, 0.2) is 0 Å². The van der Waals surface area contributed by atoms with Crippen LogP contribution < -0.4 is 0 Å². The number of esters is 1. The van der Waals surface area contributed by atoms with Crippen molar-refractivity contribution in [3.8, 4) is 0 Å². The lowest BCUT2D eigenvalue weighted by molar-refractivity contribution is -0.107. The maximum atomic E-state index is 13.3. The van der Waals surface area contributed by atoms with Gasteiger partial charge in [0.05, 0.1) is 11.2 Å². The molecule has 1 saturated heterocycles. The first kappa shape index (κ1) is 32.0. The number of ether oxygens (including phenoxy) is 2. The Balaban J connectivity index is 1.31. The number of hydrogen-bond donors (Lipinski definition) is 1. The third-order valence-corrected chi connectivity index (χ3v) is 13.7. The molecule has 4 nitrogen and oxygen atoms in total. The minimum Gasteiger partial charge on any atom is -0.458 e. The quantitative estimate of drug-likeness (QED) is 0.280. The van der Waals surface area contributed by atoms with E-state index in [0.717, 1.165) is 57.7 Å². The SMILES string of the molecule is CC[C@]1(O)CC[C@]2(C)[C@@H](CC[C@@]3(C)[C@H](C)CC[C@@H]3[C@H](C)C(CC3CCOCC3)OC(=O)c3ccccc3)CCC[C@H]2C1. The molecule has 9 atom stereocenters. The molecule has 0 spiro atoms. The van der Waals surface area contributed by atoms with Gasteiger partial charge in [-0.3, -0.25) is 0 Å². The van der Waals surface area contributed by atoms with Gasteiger partial charge in [0, 0.05) is 13.2 Å². The van der Waals surface area contributed by atoms with E-state index < -0.39 is 5.60 Å². The molecule has 5 rings (SSSR count). The number of rotatable bonds is 10. The maximum Gasteiger partial charge on any atom is 0.338 e. The third-order valence-electron chi connectivity index (χ3n) is 13.7. The third kappa shape index (κ3) is 6.65. The molecule has 1 N–H and O–H groups in total. The molecule has 1 aromatic carbocycles. The number of benzene rings is 1. The summed E-state index contributed by atoms with van der Waals surface area (Å²) in [6, 6.07) is 9.57. The summed E-state index contributed by atoms with van der Waals surface area (Å²) in [4.78, 5) is 13.3. The van der Waals surface area contributed by atoms with Crippen LogP contribution in [0.1, 0.15) is 135 Å². The molecule has 0 radical (unpaired) electrons. The second-order valence-electron chi connectivity index (χ2n) is 15.7. The lowest BCUT2D eigenvalue weighted by Gasteiger charge is -2.55. The van der Waals surface area contributed by atoms with E-state index in [2.05, 4.69) is 34.6 Å². The summed E-state index contributed by atoms with van der Waals surface area (Å²) in [5.41, 5.74) is 0.853. The predicted octanol–water partition coefficient (Wildman–Crippen LogP) is 9.25. The van der Waals surface area contributed by atoms with Crippen molar-refractivity contribution in [3.05, 3.63) is 35.9 Å². The number of carbonyl (C=O) groups is 1. The van der Waals surface area contributed by atoms with Crippen molar-refractivity contribution in [2.75, 3.05) is 13.2 Å². The zero-order valence-corrected chi connectivity index (χ0v) is 27.4. The van der Waals surface area contributed by atoms with Gasteiger partial charge < -0.3 is 14.6 Å². The van der Waals surface area contributed by atoms with Crippen LogP contribution in [0, 0.1) is 46.3 Å². The van der Waals surface area contributed by atoms with Gasteiger partial charge in [0.25, 0.3) is 0 Å². The van der Waals surface area contributed by atoms with Crippen LogP contribution in [0.15, 0.2) is 30.3 Å². The van der Waals surface area contributed by atoms with E-state index in [9.17, 15) is 9.90 Å². The summed E-state index contributed by atoms with van der Waals surface area (Å²) in [7, 11) is 0. The van der Waals surface area contributed by atoms with Gasteiger partial charge in [-0.2, -0.15) is 0 Å². The highest BCUT2D eigenvalue weighted by atomic mass is 16.5. The maximum absolute atomic E-state index is 13.3. The second-order valence-corrected chi connectivity index (χ2v) is 15.7. The van der Waals surface area contributed by atoms with Crippen molar-refractivity contribution < 1.29 is 19.4 Å². The molecule has 4 heteroatoms. The van der Waals surface area contributed by atoms with Gasteiger partial charge in [0.1, 0.15) is 6.10 Å². The lowest BCUT2D eigenvalue weighted by Crippen LogP contribution is -2.49. The van der Waals surface area contributed by atoms with Gasteiger partial charge in [0.2, 0.25) is 0 Å². The summed E-state index contributed by atoms with van der Waals surface area (Å²) in [5, 5.41) is 11.2. The van der Waals surface area contributed by atoms with Crippen LogP contribution in [-0.2, 0) is 9.47 Å². The van der Waals surface area contributed by atoms with Gasteiger partial charge in [-0.1, -0.05) is 59.2 Å². The smallest absolute Gasteiger partial charge is 0.338 e. The van der Waals surface area contributed by atoms with Crippen molar-refractivity contribution in [3.63, 3.8) is 0 Å². The normalized spacial score (nSPS) is 38.9. The Bertz CT molecular complexity index is 1020. The Kier molecular flexibility index (Phi) is 10.1. The highest BCUT2D eigenvalue weighted by molar-refractivity contribution is 5.89. The molecule has 4 fully saturated rings. The Morgan fingerprint density at radius 2 is 1.79 bits per heavy atom. The molecule has 4 aliphatic rings. The molecule has 3 aliphatic carbocycles. The van der Waals surface area contributed by atoms with E-state index in [1.165, 1.54) is 51.4 Å². The average Bonchev–Trinajstić information content (AvgIpc) is 3.30. The minimum atomic E-state index is -0.435. The lowest BCUT2D eigenvalue weighted by atomic mass is 9.51. The van der Waals surface area contributed by atoms with Crippen LogP contribution in [0.25, 0.3) is 0 Å². The minimum absolute atomic E-state index is 0.0583. The Morgan fingerprint density at radius 3 is 2.50 bits per heavy atom. The summed E-state index contributed by atoms with van der Waals surface area (Å²) in [6.45, 7) is 13.9. The van der Waals surface area contributed by atoms with E-state index in [0.29, 0.717) is 40.6 Å². The van der Waals surface area contributed by atoms with Crippen LogP contribution in [0.3, 0.4) is 0 Å². The van der Waals surface area contributed by atoms with Crippen LogP contribution >= 0.6 is 0 Å². The predicted molar refractivity (Wildman–Crippen MR) is 170 cm³/mol. The largest absolute Gasteiger partial charge is 0.458 e. The van der Waals surface area contributed by atoms with Crippen LogP contribution in [0.5, 0.6) is 0 Å². The Morgan fingerprint density at radius 1 is 1.05 bits per heavy atom. The monoisotopic (exact) mass is 580 g/mol. The molecule has 0 bridgehead atoms. The Hall–Kier alpha value is -1.39. The fraction of sp³-hybridized carbons (Fsp3) is 0.816. The second kappa shape index (κ2) is 13.3. The highest BCUT2D eigenvalue weighted by Crippen LogP contribution is 2.60. The van der Waals surface area contributed by atoms with E-state index in [1.54, 1.807) is 0 Å². The number of aliphatic hydroxyl groups is 1. The van der Waals surface area contributed by atoms with Gasteiger partial charge in [-0.25, -0.2) is 4.79 Å². The van der Waals surface area contributed by atoms with E-state index in [-0.39, 0.29) is 17.5 Å². The number of fused-ring (bicyclic) bond motifs is 1. The summed E-state index contributed by atoms with van der Waals surface area (Å²) in [5.74, 6) is 3.39. The summed E-state index contributed by atoms with van der Waals surface area (Å²) < 4.78 is 12.1. The zero-order valence-electron chi connectivity index (χ0n) is 27.4. The first-order valence-electron chi connectivity index (χ1n) is 17.6. The summed E-state index contributed by atoms with van der Waals surface area (Å²) >= 11 is 0. The van der Waals surface area contributed by atoms with E-state index in [4.69, 9.17) is 9.47 Å². The van der Waals surface area contributed by atoms with Crippen molar-refractivity contribution >= 4 is 5.97 Å². The fourth-order valence-electron chi connectivity index (χ4n) is 10.2. The molecule has 236 valence electrons. The molecule has 42 heavy (non-hydrogen) atoms. The topological polar surface area (TPSA) is 55.8 Å². The molecule has 1 aromatic rings. The van der Waals surface area contributed by atoms with E-state index >= 15 is 0 Å². The van der Waals surface area contributed by atoms with Gasteiger partial charge in [-0.05, 0) is 142 Å². The summed E-state index contributed by atoms with van der Waals surface area (Å²) in [6.07, 6.45) is 16.1. The van der Waals surface area contributed by atoms with E-state index in [1.807, 2.05) is 30.3 Å². The number of carbonyl (C=O) groups excluding carboxylic acids is 1. The van der Waals surface area contributed by atoms with Crippen molar-refractivity contribution in [2.24, 2.45) is 46.3 Å². The Labute approximate surface area is 256 Å². The molecular weight excluding hydrogens is 520 g/mol. The standard InChI is InChI=1S/C38H60O4/c1-6-38(40)22-21-37(5)31(13-10-14-32(37)26-38)17-20-36(4)27(2)15-16-33(36)28(3)34(25-29-18-23-41-24-19-29)42-35(39)30-11-8-7-9-12-30/h7-9,11-12,27-29,31-34,40H,6,10,13-26H2,1-5H3/t27-,28+,31-,32+,33-,34?,36+,37-,38+/m1/s1. The van der Waals surface area contributed by atoms with Crippen molar-refractivity contribution in [1.29, 1.82) is 0 Å². The first-order chi connectivity index (χ1) is 20.1. The van der Waals surface area contributed by atoms with Gasteiger partial charge in [-0.15, -0.1) is 0 Å². The molecular formula is C38H60O4. The number of hydrogen-bond acceptors (Lipinski definition) is 4. The van der Waals surface area contributed by atoms with Gasteiger partial charge >= 0.3 is 5.97 Å². The molecule has 0 aromatic heterocycles. The highest BCUT2D eigenvalue weighted by Gasteiger charge is 2.53. The molecule has 3 saturated carbocycles. The first-order valence-corrected chi connectivity index (χ1v) is 17.6. The zero-order chi connectivity index (χ0) is 30.0. The van der Waals surface area contributed by atoms with Crippen LogP contribution in [-0.4, -0.2) is 36.0 Å². The van der Waals surface area contributed by atoms with Crippen molar-refractivity contribution in [1.82, 2.24) is 0 Å². The molecule has 1 aliphatic heterocycles.